The summed E-state index contributed by atoms with van der Waals surface area (Å²) in [7, 11) is 0. The lowest BCUT2D eigenvalue weighted by atomic mass is 10.1. The Morgan fingerprint density at radius 1 is 1.08 bits per heavy atom. The summed E-state index contributed by atoms with van der Waals surface area (Å²) in [5, 5.41) is 3.76. The van der Waals surface area contributed by atoms with E-state index < -0.39 is 0 Å². The van der Waals surface area contributed by atoms with Gasteiger partial charge in [0.2, 0.25) is 0 Å². The molecule has 0 bridgehead atoms. The molecule has 0 aromatic rings. The van der Waals surface area contributed by atoms with Crippen molar-refractivity contribution in [2.45, 2.75) is 62.9 Å². The number of rotatable bonds is 3. The molecule has 0 aromatic carbocycles. The topological polar surface area (TPSA) is 12.0 Å². The van der Waals surface area contributed by atoms with Gasteiger partial charge >= 0.3 is 0 Å². The monoisotopic (exact) mass is 201 g/mol. The third-order valence-corrected chi connectivity index (χ3v) is 3.99. The number of halogens is 1. The fourth-order valence-corrected chi connectivity index (χ4v) is 2.67. The highest BCUT2D eigenvalue weighted by atomic mass is 35.5. The lowest BCUT2D eigenvalue weighted by molar-refractivity contribution is 0.399. The molecule has 0 aromatic heterocycles. The van der Waals surface area contributed by atoms with Gasteiger partial charge in [0.15, 0.2) is 0 Å². The van der Waals surface area contributed by atoms with E-state index >= 15 is 0 Å². The van der Waals surface area contributed by atoms with E-state index in [1.54, 1.807) is 0 Å². The molecule has 2 aliphatic rings. The molecule has 2 aliphatic carbocycles. The van der Waals surface area contributed by atoms with Crippen LogP contribution in [0.25, 0.3) is 0 Å². The molecule has 13 heavy (non-hydrogen) atoms. The van der Waals surface area contributed by atoms with E-state index in [0.717, 1.165) is 11.9 Å². The fourth-order valence-electron chi connectivity index (χ4n) is 2.32. The highest BCUT2D eigenvalue weighted by molar-refractivity contribution is 6.18. The van der Waals surface area contributed by atoms with Gasteiger partial charge in [0.25, 0.3) is 0 Å². The Bertz CT molecular complexity index is 157. The number of hydrogen-bond acceptors (Lipinski definition) is 1. The quantitative estimate of drug-likeness (QED) is 0.547. The summed E-state index contributed by atoms with van der Waals surface area (Å²) in [5.41, 5.74) is 0.358. The smallest absolute Gasteiger partial charge is 0.0406 e. The van der Waals surface area contributed by atoms with Crippen molar-refractivity contribution in [3.05, 3.63) is 0 Å². The summed E-state index contributed by atoms with van der Waals surface area (Å²) < 4.78 is 0. The van der Waals surface area contributed by atoms with Crippen LogP contribution in [0.15, 0.2) is 0 Å². The van der Waals surface area contributed by atoms with Gasteiger partial charge in [-0.05, 0) is 25.7 Å². The van der Waals surface area contributed by atoms with Gasteiger partial charge in [-0.3, -0.25) is 0 Å². The van der Waals surface area contributed by atoms with E-state index in [4.69, 9.17) is 11.6 Å². The van der Waals surface area contributed by atoms with E-state index in [0.29, 0.717) is 5.54 Å². The maximum Gasteiger partial charge on any atom is 0.0406 e. The van der Waals surface area contributed by atoms with Crippen LogP contribution in [-0.2, 0) is 0 Å². The average molecular weight is 202 g/mol. The fraction of sp³-hybridized carbons (Fsp3) is 1.00. The van der Waals surface area contributed by atoms with Gasteiger partial charge in [0.1, 0.15) is 0 Å². The SMILES string of the molecule is ClCC1(NC2CCCCCC2)CC1. The van der Waals surface area contributed by atoms with Crippen molar-refractivity contribution in [2.75, 3.05) is 5.88 Å². The largest absolute Gasteiger partial charge is 0.307 e. The molecule has 1 N–H and O–H groups in total. The minimum Gasteiger partial charge on any atom is -0.307 e. The summed E-state index contributed by atoms with van der Waals surface area (Å²) >= 11 is 5.95. The number of alkyl halides is 1. The van der Waals surface area contributed by atoms with Crippen molar-refractivity contribution in [1.29, 1.82) is 0 Å². The van der Waals surface area contributed by atoms with Crippen LogP contribution in [0.4, 0.5) is 0 Å². The van der Waals surface area contributed by atoms with E-state index in [-0.39, 0.29) is 0 Å². The number of nitrogens with one attached hydrogen (secondary N) is 1. The Labute approximate surface area is 86.2 Å². The standard InChI is InChI=1S/C11H20ClN/c12-9-11(7-8-11)13-10-5-3-1-2-4-6-10/h10,13H,1-9H2. The molecule has 1 nitrogen and oxygen atoms in total. The summed E-state index contributed by atoms with van der Waals surface area (Å²) in [6.45, 7) is 0. The Kier molecular flexibility index (Phi) is 3.15. The van der Waals surface area contributed by atoms with Gasteiger partial charge in [0, 0.05) is 17.5 Å². The first kappa shape index (κ1) is 9.79. The molecule has 0 unspecified atom stereocenters. The van der Waals surface area contributed by atoms with Crippen molar-refractivity contribution < 1.29 is 0 Å². The first-order chi connectivity index (χ1) is 6.35. The van der Waals surface area contributed by atoms with Crippen LogP contribution in [0, 0.1) is 0 Å². The molecule has 0 aliphatic heterocycles. The van der Waals surface area contributed by atoms with Crippen LogP contribution < -0.4 is 5.32 Å². The third-order valence-electron chi connectivity index (χ3n) is 3.47. The Morgan fingerprint density at radius 3 is 2.15 bits per heavy atom. The summed E-state index contributed by atoms with van der Waals surface area (Å²) in [6.07, 6.45) is 11.0. The predicted molar refractivity (Wildman–Crippen MR) is 57.3 cm³/mol. The average Bonchev–Trinajstić information content (AvgIpc) is 2.92. The van der Waals surface area contributed by atoms with Crippen LogP contribution in [0.3, 0.4) is 0 Å². The molecule has 0 heterocycles. The van der Waals surface area contributed by atoms with Gasteiger partial charge in [-0.25, -0.2) is 0 Å². The highest BCUT2D eigenvalue weighted by Crippen LogP contribution is 2.38. The molecule has 0 amide bonds. The van der Waals surface area contributed by atoms with E-state index in [2.05, 4.69) is 5.32 Å². The van der Waals surface area contributed by atoms with Gasteiger partial charge < -0.3 is 5.32 Å². The normalized spacial score (nSPS) is 28.4. The minimum absolute atomic E-state index is 0.358. The van der Waals surface area contributed by atoms with Crippen LogP contribution in [0.2, 0.25) is 0 Å². The van der Waals surface area contributed by atoms with Crippen LogP contribution in [-0.4, -0.2) is 17.5 Å². The maximum atomic E-state index is 5.95. The van der Waals surface area contributed by atoms with E-state index in [1.807, 2.05) is 0 Å². The second kappa shape index (κ2) is 4.18. The second-order valence-corrected chi connectivity index (χ2v) is 5.01. The molecular weight excluding hydrogens is 182 g/mol. The molecule has 0 atom stereocenters. The third kappa shape index (κ3) is 2.60. The van der Waals surface area contributed by atoms with Gasteiger partial charge in [-0.15, -0.1) is 11.6 Å². The number of hydrogen-bond donors (Lipinski definition) is 1. The minimum atomic E-state index is 0.358. The first-order valence-corrected chi connectivity index (χ1v) is 6.22. The lowest BCUT2D eigenvalue weighted by Crippen LogP contribution is -2.41. The predicted octanol–water partition coefficient (Wildman–Crippen LogP) is 3.07. The molecule has 2 heteroatoms. The van der Waals surface area contributed by atoms with E-state index in [9.17, 15) is 0 Å². The summed E-state index contributed by atoms with van der Waals surface area (Å²) in [6, 6.07) is 0.767. The van der Waals surface area contributed by atoms with Crippen molar-refractivity contribution in [1.82, 2.24) is 5.32 Å². The molecule has 0 spiro atoms. The first-order valence-electron chi connectivity index (χ1n) is 5.68. The van der Waals surface area contributed by atoms with Gasteiger partial charge in [-0.1, -0.05) is 25.7 Å². The summed E-state index contributed by atoms with van der Waals surface area (Å²) in [5.74, 6) is 0.809. The molecule has 0 radical (unpaired) electrons. The molecule has 2 rings (SSSR count). The Balaban J connectivity index is 1.79. The van der Waals surface area contributed by atoms with Crippen LogP contribution in [0.1, 0.15) is 51.4 Å². The molecular formula is C11H20ClN. The van der Waals surface area contributed by atoms with E-state index in [1.165, 1.54) is 51.4 Å². The molecule has 2 fully saturated rings. The van der Waals surface area contributed by atoms with Crippen LogP contribution in [0.5, 0.6) is 0 Å². The second-order valence-electron chi connectivity index (χ2n) is 4.75. The zero-order valence-corrected chi connectivity index (χ0v) is 9.08. The van der Waals surface area contributed by atoms with Crippen LogP contribution >= 0.6 is 11.6 Å². The molecule has 2 saturated carbocycles. The molecule has 0 saturated heterocycles. The lowest BCUT2D eigenvalue weighted by Gasteiger charge is -2.22. The van der Waals surface area contributed by atoms with Crippen molar-refractivity contribution in [2.24, 2.45) is 0 Å². The Morgan fingerprint density at radius 2 is 1.69 bits per heavy atom. The zero-order valence-electron chi connectivity index (χ0n) is 8.32. The van der Waals surface area contributed by atoms with Crippen molar-refractivity contribution in [3.63, 3.8) is 0 Å². The summed E-state index contributed by atoms with van der Waals surface area (Å²) in [4.78, 5) is 0. The van der Waals surface area contributed by atoms with Crippen molar-refractivity contribution in [3.8, 4) is 0 Å². The van der Waals surface area contributed by atoms with Gasteiger partial charge in [0.05, 0.1) is 0 Å². The highest BCUT2D eigenvalue weighted by Gasteiger charge is 2.42. The Hall–Kier alpha value is 0.250. The molecule has 76 valence electrons. The van der Waals surface area contributed by atoms with Crippen molar-refractivity contribution >= 4 is 11.6 Å². The zero-order chi connectivity index (χ0) is 9.15. The van der Waals surface area contributed by atoms with Gasteiger partial charge in [-0.2, -0.15) is 0 Å². The maximum absolute atomic E-state index is 5.95.